The third-order valence-electron chi connectivity index (χ3n) is 8.97. The molecular weight excluding hydrogens is 566 g/mol. The monoisotopic (exact) mass is 595 g/mol. The molecule has 0 aliphatic heterocycles. The van der Waals surface area contributed by atoms with Crippen LogP contribution in [0.15, 0.2) is 122 Å². The van der Waals surface area contributed by atoms with Gasteiger partial charge in [0.15, 0.2) is 0 Å². The van der Waals surface area contributed by atoms with Crippen LogP contribution in [0.3, 0.4) is 0 Å². The molecule has 0 fully saturated rings. The van der Waals surface area contributed by atoms with Gasteiger partial charge in [0.1, 0.15) is 23.0 Å². The van der Waals surface area contributed by atoms with Crippen molar-refractivity contribution in [3.8, 4) is 28.6 Å². The molecule has 0 unspecified atom stereocenters. The van der Waals surface area contributed by atoms with E-state index in [0.29, 0.717) is 0 Å². The number of aromatic nitrogens is 5. The fourth-order valence-corrected chi connectivity index (χ4v) is 7.19. The maximum Gasteiger partial charge on any atom is 0.145 e. The molecule has 6 nitrogen and oxygen atoms in total. The average molecular weight is 596 g/mol. The topological polar surface area (TPSA) is 57.2 Å². The summed E-state index contributed by atoms with van der Waals surface area (Å²) in [6.45, 7) is 6.49. The smallest absolute Gasteiger partial charge is 0.145 e. The number of benzene rings is 4. The zero-order chi connectivity index (χ0) is 30.9. The highest BCUT2D eigenvalue weighted by Crippen LogP contribution is 2.38. The molecule has 46 heavy (non-hydrogen) atoms. The Morgan fingerprint density at radius 2 is 1.28 bits per heavy atom. The number of fused-ring (bicyclic) bond motifs is 9. The molecule has 220 valence electrons. The van der Waals surface area contributed by atoms with Crippen molar-refractivity contribution >= 4 is 49.3 Å². The van der Waals surface area contributed by atoms with Gasteiger partial charge in [0.25, 0.3) is 0 Å². The lowest BCUT2D eigenvalue weighted by atomic mass is 9.97. The molecule has 0 aliphatic carbocycles. The van der Waals surface area contributed by atoms with E-state index in [4.69, 9.17) is 14.7 Å². The summed E-state index contributed by atoms with van der Waals surface area (Å²) in [5.74, 6) is 2.35. The molecule has 0 saturated heterocycles. The number of para-hydroxylation sites is 1. The molecule has 5 heterocycles. The molecule has 9 rings (SSSR count). The summed E-state index contributed by atoms with van der Waals surface area (Å²) in [4.78, 5) is 14.5. The summed E-state index contributed by atoms with van der Waals surface area (Å²) in [7, 11) is 0. The highest BCUT2D eigenvalue weighted by molar-refractivity contribution is 6.11. The van der Waals surface area contributed by atoms with Crippen molar-refractivity contribution in [3.63, 3.8) is 0 Å². The minimum atomic E-state index is 0.733. The highest BCUT2D eigenvalue weighted by Gasteiger charge is 2.19. The summed E-state index contributed by atoms with van der Waals surface area (Å²) in [5.41, 5.74) is 11.0. The SMILES string of the molecule is Cc1cc(C)c(-c2cnc3c4cc(Oc5ccc6c7ccccc7n(-c7ccccn7)c6c5)ccc4c4ncccc4n23)c(C)c1. The van der Waals surface area contributed by atoms with E-state index in [0.717, 1.165) is 66.9 Å². The molecule has 0 radical (unpaired) electrons. The minimum absolute atomic E-state index is 0.733. The van der Waals surface area contributed by atoms with E-state index in [-0.39, 0.29) is 0 Å². The fraction of sp³-hybridized carbons (Fsp3) is 0.0750. The summed E-state index contributed by atoms with van der Waals surface area (Å²) in [6.07, 6.45) is 5.67. The van der Waals surface area contributed by atoms with Crippen LogP contribution < -0.4 is 4.74 Å². The van der Waals surface area contributed by atoms with Gasteiger partial charge in [-0.05, 0) is 92.6 Å². The number of nitrogens with zero attached hydrogens (tertiary/aromatic N) is 5. The van der Waals surface area contributed by atoms with Crippen LogP contribution in [-0.2, 0) is 0 Å². The molecule has 5 aromatic heterocycles. The van der Waals surface area contributed by atoms with Gasteiger partial charge in [-0.25, -0.2) is 9.97 Å². The number of imidazole rings is 1. The average Bonchev–Trinajstić information content (AvgIpc) is 3.65. The maximum atomic E-state index is 6.59. The Balaban J connectivity index is 1.22. The standard InChI is InChI=1S/C40H29N5O/c1-24-19-25(2)38(26(3)20-24)36-23-43-40-32-21-27(14-16-31(32)39-34(45(36)40)11-8-18-42-39)46-28-13-15-30-29-9-4-5-10-33(29)44(35(30)22-28)37-12-6-7-17-41-37/h4-23H,1-3H3. The summed E-state index contributed by atoms with van der Waals surface area (Å²) in [5, 5.41) is 4.35. The summed E-state index contributed by atoms with van der Waals surface area (Å²) in [6, 6.07) is 35.5. The third-order valence-corrected chi connectivity index (χ3v) is 8.97. The van der Waals surface area contributed by atoms with Crippen molar-refractivity contribution in [2.45, 2.75) is 20.8 Å². The van der Waals surface area contributed by atoms with Crippen molar-refractivity contribution in [1.82, 2.24) is 23.9 Å². The summed E-state index contributed by atoms with van der Waals surface area (Å²) < 4.78 is 11.0. The van der Waals surface area contributed by atoms with Crippen LogP contribution in [0.1, 0.15) is 16.7 Å². The van der Waals surface area contributed by atoms with Gasteiger partial charge in [0.05, 0.1) is 34.0 Å². The largest absolute Gasteiger partial charge is 0.457 e. The lowest BCUT2D eigenvalue weighted by Gasteiger charge is -2.14. The Morgan fingerprint density at radius 3 is 2.11 bits per heavy atom. The van der Waals surface area contributed by atoms with Crippen LogP contribution in [0.25, 0.3) is 66.3 Å². The van der Waals surface area contributed by atoms with Crippen molar-refractivity contribution in [2.24, 2.45) is 0 Å². The number of rotatable bonds is 4. The van der Waals surface area contributed by atoms with Crippen molar-refractivity contribution in [1.29, 1.82) is 0 Å². The third kappa shape index (κ3) is 3.93. The van der Waals surface area contributed by atoms with Crippen molar-refractivity contribution < 1.29 is 4.74 Å². The van der Waals surface area contributed by atoms with E-state index in [9.17, 15) is 0 Å². The lowest BCUT2D eigenvalue weighted by molar-refractivity contribution is 0.484. The molecule has 0 spiro atoms. The number of hydrogen-bond acceptors (Lipinski definition) is 4. The molecule has 6 heteroatoms. The van der Waals surface area contributed by atoms with Gasteiger partial charge in [0, 0.05) is 45.6 Å². The molecule has 4 aromatic carbocycles. The first-order valence-corrected chi connectivity index (χ1v) is 15.4. The van der Waals surface area contributed by atoms with Crippen LogP contribution in [0.5, 0.6) is 11.5 Å². The summed E-state index contributed by atoms with van der Waals surface area (Å²) >= 11 is 0. The second-order valence-corrected chi connectivity index (χ2v) is 12.0. The van der Waals surface area contributed by atoms with Gasteiger partial charge < -0.3 is 4.74 Å². The van der Waals surface area contributed by atoms with Crippen LogP contribution in [0.4, 0.5) is 0 Å². The van der Waals surface area contributed by atoms with Crippen LogP contribution >= 0.6 is 0 Å². The first kappa shape index (κ1) is 26.4. The van der Waals surface area contributed by atoms with Crippen LogP contribution in [0.2, 0.25) is 0 Å². The first-order valence-electron chi connectivity index (χ1n) is 15.4. The number of pyridine rings is 3. The van der Waals surface area contributed by atoms with Gasteiger partial charge in [-0.1, -0.05) is 42.0 Å². The Kier molecular flexibility index (Phi) is 5.74. The van der Waals surface area contributed by atoms with E-state index < -0.39 is 0 Å². The zero-order valence-corrected chi connectivity index (χ0v) is 25.7. The van der Waals surface area contributed by atoms with E-state index >= 15 is 0 Å². The van der Waals surface area contributed by atoms with E-state index in [2.05, 4.69) is 101 Å². The fourth-order valence-electron chi connectivity index (χ4n) is 7.19. The Labute approximate surface area is 265 Å². The quantitative estimate of drug-likeness (QED) is 0.190. The normalized spacial score (nSPS) is 11.8. The van der Waals surface area contributed by atoms with Gasteiger partial charge in [-0.15, -0.1) is 0 Å². The first-order chi connectivity index (χ1) is 22.5. The molecule has 0 aliphatic rings. The Morgan fingerprint density at radius 1 is 0.565 bits per heavy atom. The predicted molar refractivity (Wildman–Crippen MR) is 186 cm³/mol. The van der Waals surface area contributed by atoms with Gasteiger partial charge in [-0.3, -0.25) is 14.0 Å². The molecule has 9 aromatic rings. The Bertz CT molecular complexity index is 2630. The number of hydrogen-bond donors (Lipinski definition) is 0. The number of aryl methyl sites for hydroxylation is 3. The minimum Gasteiger partial charge on any atom is -0.457 e. The molecular formula is C40H29N5O. The zero-order valence-electron chi connectivity index (χ0n) is 25.7. The molecule has 0 bridgehead atoms. The second-order valence-electron chi connectivity index (χ2n) is 12.0. The van der Waals surface area contributed by atoms with E-state index in [1.54, 1.807) is 0 Å². The van der Waals surface area contributed by atoms with Crippen molar-refractivity contribution in [2.75, 3.05) is 0 Å². The maximum absolute atomic E-state index is 6.59. The Hall–Kier alpha value is -6.01. The molecule has 0 N–H and O–H groups in total. The van der Waals surface area contributed by atoms with E-state index in [1.807, 2.05) is 55.0 Å². The van der Waals surface area contributed by atoms with Gasteiger partial charge in [-0.2, -0.15) is 0 Å². The van der Waals surface area contributed by atoms with E-state index in [1.165, 1.54) is 27.6 Å². The highest BCUT2D eigenvalue weighted by atomic mass is 16.5. The molecule has 0 atom stereocenters. The molecule has 0 amide bonds. The lowest BCUT2D eigenvalue weighted by Crippen LogP contribution is -1.98. The van der Waals surface area contributed by atoms with Crippen LogP contribution in [-0.4, -0.2) is 23.9 Å². The predicted octanol–water partition coefficient (Wildman–Crippen LogP) is 9.91. The van der Waals surface area contributed by atoms with Gasteiger partial charge in [0.2, 0.25) is 0 Å². The molecule has 0 saturated carbocycles. The van der Waals surface area contributed by atoms with Gasteiger partial charge >= 0.3 is 0 Å². The second kappa shape index (κ2) is 10.0. The van der Waals surface area contributed by atoms with Crippen molar-refractivity contribution in [3.05, 3.63) is 138 Å². The van der Waals surface area contributed by atoms with Crippen LogP contribution in [0, 0.1) is 20.8 Å². The number of ether oxygens (including phenoxy) is 1.